The van der Waals surface area contributed by atoms with E-state index in [1.165, 1.54) is 0 Å². The molecule has 0 spiro atoms. The molecule has 1 aromatic heterocycles. The van der Waals surface area contributed by atoms with Crippen LogP contribution in [0, 0.1) is 6.92 Å². The molecule has 0 aliphatic heterocycles. The number of furan rings is 1. The molecule has 6 nitrogen and oxygen atoms in total. The maximum absolute atomic E-state index is 10.8. The van der Waals surface area contributed by atoms with E-state index >= 15 is 0 Å². The van der Waals surface area contributed by atoms with Crippen LogP contribution in [0.5, 0.6) is 0 Å². The number of aliphatic imine (C=N–C) groups is 1. The molecular weight excluding hydrogens is 402 g/mol. The highest BCUT2D eigenvalue weighted by atomic mass is 16.5. The highest BCUT2D eigenvalue weighted by molar-refractivity contribution is 5.79. The molecule has 6 heteroatoms. The van der Waals surface area contributed by atoms with Crippen LogP contribution in [0.2, 0.25) is 0 Å². The fourth-order valence-electron chi connectivity index (χ4n) is 3.28. The molecular formula is C26H33N3O3. The first-order chi connectivity index (χ1) is 15.5. The third-order valence-corrected chi connectivity index (χ3v) is 5.11. The van der Waals surface area contributed by atoms with Crippen molar-refractivity contribution in [3.05, 3.63) is 94.9 Å². The average molecular weight is 436 g/mol. The lowest BCUT2D eigenvalue weighted by molar-refractivity contribution is 0.0378. The SMILES string of the molecule is CCNC(=NCc1ccccc1COCc1ccccc1)NCC(C)(O)c1ccc(C)o1. The number of hydrogen-bond acceptors (Lipinski definition) is 4. The molecule has 3 aromatic rings. The summed E-state index contributed by atoms with van der Waals surface area (Å²) in [5.41, 5.74) is 2.22. The van der Waals surface area contributed by atoms with Gasteiger partial charge in [0, 0.05) is 6.54 Å². The van der Waals surface area contributed by atoms with Crippen LogP contribution in [0.4, 0.5) is 0 Å². The lowest BCUT2D eigenvalue weighted by Crippen LogP contribution is -2.44. The summed E-state index contributed by atoms with van der Waals surface area (Å²) in [5, 5.41) is 17.2. The maximum atomic E-state index is 10.8. The van der Waals surface area contributed by atoms with E-state index < -0.39 is 5.60 Å². The first-order valence-electron chi connectivity index (χ1n) is 11.0. The molecule has 0 saturated carbocycles. The number of ether oxygens (including phenoxy) is 1. The van der Waals surface area contributed by atoms with Gasteiger partial charge in [0.25, 0.3) is 0 Å². The summed E-state index contributed by atoms with van der Waals surface area (Å²) in [4.78, 5) is 4.71. The molecule has 1 atom stereocenters. The Labute approximate surface area is 190 Å². The van der Waals surface area contributed by atoms with Crippen molar-refractivity contribution in [1.82, 2.24) is 10.6 Å². The van der Waals surface area contributed by atoms with Crippen LogP contribution in [-0.4, -0.2) is 24.2 Å². The zero-order valence-electron chi connectivity index (χ0n) is 19.1. The van der Waals surface area contributed by atoms with Gasteiger partial charge in [-0.15, -0.1) is 0 Å². The Morgan fingerprint density at radius 3 is 2.38 bits per heavy atom. The predicted molar refractivity (Wildman–Crippen MR) is 127 cm³/mol. The van der Waals surface area contributed by atoms with Crippen molar-refractivity contribution in [2.24, 2.45) is 4.99 Å². The van der Waals surface area contributed by atoms with Gasteiger partial charge in [-0.25, -0.2) is 4.99 Å². The van der Waals surface area contributed by atoms with Gasteiger partial charge in [0.05, 0.1) is 26.3 Å². The second kappa shape index (κ2) is 11.5. The van der Waals surface area contributed by atoms with Crippen LogP contribution in [0.3, 0.4) is 0 Å². The first kappa shape index (κ1) is 23.6. The minimum absolute atomic E-state index is 0.271. The second-order valence-electron chi connectivity index (χ2n) is 7.98. The summed E-state index contributed by atoms with van der Waals surface area (Å²) in [6.07, 6.45) is 0. The number of nitrogens with one attached hydrogen (secondary N) is 2. The minimum atomic E-state index is -1.15. The number of benzene rings is 2. The van der Waals surface area contributed by atoms with Gasteiger partial charge < -0.3 is 24.9 Å². The smallest absolute Gasteiger partial charge is 0.191 e. The normalized spacial score (nSPS) is 13.6. The summed E-state index contributed by atoms with van der Waals surface area (Å²) in [7, 11) is 0. The molecule has 0 radical (unpaired) electrons. The Kier molecular flexibility index (Phi) is 8.48. The topological polar surface area (TPSA) is 79.0 Å². The zero-order chi connectivity index (χ0) is 22.8. The molecule has 3 N–H and O–H groups in total. The quantitative estimate of drug-likeness (QED) is 0.327. The Morgan fingerprint density at radius 1 is 0.969 bits per heavy atom. The van der Waals surface area contributed by atoms with Crippen molar-refractivity contribution in [2.75, 3.05) is 13.1 Å². The minimum Gasteiger partial charge on any atom is -0.463 e. The Morgan fingerprint density at radius 2 is 1.69 bits per heavy atom. The molecule has 0 amide bonds. The largest absolute Gasteiger partial charge is 0.463 e. The molecule has 32 heavy (non-hydrogen) atoms. The van der Waals surface area contributed by atoms with Gasteiger partial charge in [0.15, 0.2) is 5.96 Å². The van der Waals surface area contributed by atoms with E-state index in [0.29, 0.717) is 31.5 Å². The van der Waals surface area contributed by atoms with Crippen molar-refractivity contribution in [1.29, 1.82) is 0 Å². The number of nitrogens with zero attached hydrogens (tertiary/aromatic N) is 1. The summed E-state index contributed by atoms with van der Waals surface area (Å²) < 4.78 is 11.5. The number of aliphatic hydroxyl groups is 1. The van der Waals surface area contributed by atoms with E-state index in [0.717, 1.165) is 29.0 Å². The fraction of sp³-hybridized carbons (Fsp3) is 0.346. The Bertz CT molecular complexity index is 996. The van der Waals surface area contributed by atoms with E-state index in [-0.39, 0.29) is 6.54 Å². The third kappa shape index (κ3) is 6.97. The highest BCUT2D eigenvalue weighted by Gasteiger charge is 2.27. The Balaban J connectivity index is 1.60. The third-order valence-electron chi connectivity index (χ3n) is 5.11. The summed E-state index contributed by atoms with van der Waals surface area (Å²) >= 11 is 0. The average Bonchev–Trinajstić information content (AvgIpc) is 3.24. The van der Waals surface area contributed by atoms with Gasteiger partial charge in [0.1, 0.15) is 17.1 Å². The summed E-state index contributed by atoms with van der Waals surface area (Å²) in [5.74, 6) is 1.93. The maximum Gasteiger partial charge on any atom is 0.191 e. The number of rotatable bonds is 10. The van der Waals surface area contributed by atoms with Crippen molar-refractivity contribution < 1.29 is 14.3 Å². The van der Waals surface area contributed by atoms with E-state index in [9.17, 15) is 5.11 Å². The van der Waals surface area contributed by atoms with Gasteiger partial charge in [-0.2, -0.15) is 0 Å². The molecule has 0 saturated heterocycles. The monoisotopic (exact) mass is 435 g/mol. The van der Waals surface area contributed by atoms with Gasteiger partial charge in [-0.1, -0.05) is 54.6 Å². The number of guanidine groups is 1. The van der Waals surface area contributed by atoms with Crippen LogP contribution in [-0.2, 0) is 30.1 Å². The van der Waals surface area contributed by atoms with Crippen LogP contribution in [0.15, 0.2) is 76.1 Å². The van der Waals surface area contributed by atoms with Crippen molar-refractivity contribution in [2.45, 2.75) is 46.1 Å². The van der Waals surface area contributed by atoms with Crippen LogP contribution >= 0.6 is 0 Å². The predicted octanol–water partition coefficient (Wildman–Crippen LogP) is 4.27. The van der Waals surface area contributed by atoms with Gasteiger partial charge in [-0.05, 0) is 49.6 Å². The van der Waals surface area contributed by atoms with Crippen molar-refractivity contribution in [3.63, 3.8) is 0 Å². The van der Waals surface area contributed by atoms with Gasteiger partial charge >= 0.3 is 0 Å². The molecule has 1 unspecified atom stereocenters. The molecule has 0 aliphatic carbocycles. The molecule has 170 valence electrons. The van der Waals surface area contributed by atoms with Gasteiger partial charge in [-0.3, -0.25) is 0 Å². The van der Waals surface area contributed by atoms with E-state index in [2.05, 4.69) is 34.9 Å². The Hall–Kier alpha value is -3.09. The zero-order valence-corrected chi connectivity index (χ0v) is 19.1. The fourth-order valence-corrected chi connectivity index (χ4v) is 3.28. The van der Waals surface area contributed by atoms with Crippen molar-refractivity contribution >= 4 is 5.96 Å². The van der Waals surface area contributed by atoms with Crippen molar-refractivity contribution in [3.8, 4) is 0 Å². The van der Waals surface area contributed by atoms with Crippen LogP contribution in [0.25, 0.3) is 0 Å². The lowest BCUT2D eigenvalue weighted by atomic mass is 10.0. The first-order valence-corrected chi connectivity index (χ1v) is 11.0. The van der Waals surface area contributed by atoms with E-state index in [1.54, 1.807) is 13.0 Å². The molecule has 0 aliphatic rings. The molecule has 3 rings (SSSR count). The number of aryl methyl sites for hydroxylation is 1. The summed E-state index contributed by atoms with van der Waals surface area (Å²) in [6.45, 7) is 8.18. The highest BCUT2D eigenvalue weighted by Crippen LogP contribution is 2.22. The molecule has 1 heterocycles. The van der Waals surface area contributed by atoms with E-state index in [1.807, 2.05) is 50.2 Å². The van der Waals surface area contributed by atoms with Crippen LogP contribution < -0.4 is 10.6 Å². The van der Waals surface area contributed by atoms with Crippen LogP contribution in [0.1, 0.15) is 42.1 Å². The molecule has 2 aromatic carbocycles. The molecule has 0 bridgehead atoms. The summed E-state index contributed by atoms with van der Waals surface area (Å²) in [6, 6.07) is 22.0. The van der Waals surface area contributed by atoms with E-state index in [4.69, 9.17) is 14.1 Å². The standard InChI is InChI=1S/C26H33N3O3/c1-4-27-25(29-19-26(3,30)24-15-14-20(2)32-24)28-16-22-12-8-9-13-23(22)18-31-17-21-10-6-5-7-11-21/h5-15,30H,4,16-19H2,1-3H3,(H2,27,28,29). The lowest BCUT2D eigenvalue weighted by Gasteiger charge is -2.23. The van der Waals surface area contributed by atoms with Gasteiger partial charge in [0.2, 0.25) is 0 Å². The number of hydrogen-bond donors (Lipinski definition) is 3. The molecule has 0 fully saturated rings. The second-order valence-corrected chi connectivity index (χ2v) is 7.98.